The topological polar surface area (TPSA) is 6.48 Å². The van der Waals surface area contributed by atoms with E-state index in [1.165, 1.54) is 119 Å². The first-order chi connectivity index (χ1) is 28.6. The molecule has 2 heterocycles. The van der Waals surface area contributed by atoms with Crippen LogP contribution in [-0.2, 0) is 27.1 Å². The zero-order chi connectivity index (χ0) is 43.3. The first kappa shape index (κ1) is 40.1. The quantitative estimate of drug-likeness (QED) is 0.164. The molecule has 6 aromatic rings. The third kappa shape index (κ3) is 6.03. The molecule has 0 amide bonds. The van der Waals surface area contributed by atoms with Gasteiger partial charge in [0.2, 0.25) is 0 Å². The third-order valence-electron chi connectivity index (χ3n) is 15.5. The Bertz CT molecular complexity index is 2810. The van der Waals surface area contributed by atoms with Gasteiger partial charge in [0.1, 0.15) is 0 Å². The number of rotatable bonds is 3. The minimum atomic E-state index is 0.00957. The van der Waals surface area contributed by atoms with Crippen molar-refractivity contribution in [3.63, 3.8) is 0 Å². The molecule has 0 spiro atoms. The fourth-order valence-corrected chi connectivity index (χ4v) is 12.2. The van der Waals surface area contributed by atoms with E-state index in [9.17, 15) is 0 Å². The fourth-order valence-electron chi connectivity index (χ4n) is 12.2. The van der Waals surface area contributed by atoms with Crippen LogP contribution in [-0.4, -0.2) is 6.71 Å². The Labute approximate surface area is 367 Å². The zero-order valence-electron chi connectivity index (χ0n) is 39.4. The molecule has 310 valence electrons. The zero-order valence-corrected chi connectivity index (χ0v) is 39.4. The summed E-state index contributed by atoms with van der Waals surface area (Å²) in [5.41, 5.74) is 26.2. The van der Waals surface area contributed by atoms with Gasteiger partial charge < -0.3 is 9.80 Å². The van der Waals surface area contributed by atoms with Crippen molar-refractivity contribution < 1.29 is 0 Å². The van der Waals surface area contributed by atoms with Crippen molar-refractivity contribution in [2.24, 2.45) is 0 Å². The summed E-state index contributed by atoms with van der Waals surface area (Å²) in [6.45, 7) is 33.8. The molecule has 0 atom stereocenters. The molecule has 61 heavy (non-hydrogen) atoms. The van der Waals surface area contributed by atoms with Gasteiger partial charge in [0.25, 0.3) is 6.71 Å². The average Bonchev–Trinajstić information content (AvgIpc) is 3.37. The Morgan fingerprint density at radius 1 is 0.459 bits per heavy atom. The van der Waals surface area contributed by atoms with Crippen LogP contribution < -0.4 is 26.2 Å². The molecule has 0 saturated carbocycles. The van der Waals surface area contributed by atoms with Gasteiger partial charge in [-0.2, -0.15) is 0 Å². The average molecular weight is 801 g/mol. The van der Waals surface area contributed by atoms with E-state index in [4.69, 9.17) is 0 Å². The normalized spacial score (nSPS) is 18.6. The lowest BCUT2D eigenvalue weighted by molar-refractivity contribution is 0.332. The van der Waals surface area contributed by atoms with Crippen LogP contribution in [0.5, 0.6) is 0 Å². The Hall–Kier alpha value is -5.02. The molecular weight excluding hydrogens is 735 g/mol. The highest BCUT2D eigenvalue weighted by molar-refractivity contribution is 7.00. The molecule has 3 heteroatoms. The standard InChI is InChI=1S/C58H65BN2/c1-35-26-51-53-52(27-35)61(49-32-44-41(28-37(49)3)57(11,12)34-58(44,13)14)50-33-43-42(55(7,8)24-25-56(43,9)10)31-46(50)59(53)45-29-39(38-18-16-15-17-19-38)21-23-47(45)60(51)48-30-40(54(4,5)6)22-20-36(48)2/h15-23,26-33H,24-25,34H2,1-14H3. The molecule has 0 fully saturated rings. The van der Waals surface area contributed by atoms with Crippen molar-refractivity contribution in [1.82, 2.24) is 0 Å². The maximum atomic E-state index is 2.72. The number of anilines is 6. The monoisotopic (exact) mass is 801 g/mol. The minimum absolute atomic E-state index is 0.00957. The molecule has 0 bridgehead atoms. The van der Waals surface area contributed by atoms with Gasteiger partial charge in [0.15, 0.2) is 0 Å². The molecule has 0 saturated heterocycles. The Balaban J connectivity index is 1.35. The lowest BCUT2D eigenvalue weighted by atomic mass is 9.33. The van der Waals surface area contributed by atoms with Crippen molar-refractivity contribution in [1.29, 1.82) is 0 Å². The summed E-state index contributed by atoms with van der Waals surface area (Å²) in [4.78, 5) is 5.35. The second-order valence-corrected chi connectivity index (χ2v) is 23.1. The van der Waals surface area contributed by atoms with Gasteiger partial charge in [-0.3, -0.25) is 0 Å². The Kier molecular flexibility index (Phi) is 8.55. The molecule has 2 aliphatic carbocycles. The van der Waals surface area contributed by atoms with Gasteiger partial charge in [0, 0.05) is 34.1 Å². The molecule has 0 aromatic heterocycles. The van der Waals surface area contributed by atoms with Crippen molar-refractivity contribution in [2.75, 3.05) is 9.80 Å². The number of aryl methyl sites for hydroxylation is 3. The van der Waals surface area contributed by atoms with Gasteiger partial charge in [-0.05, 0) is 176 Å². The van der Waals surface area contributed by atoms with Crippen LogP contribution in [0.4, 0.5) is 34.1 Å². The summed E-state index contributed by atoms with van der Waals surface area (Å²) < 4.78 is 0. The lowest BCUT2D eigenvalue weighted by Gasteiger charge is -2.48. The van der Waals surface area contributed by atoms with Gasteiger partial charge in [0.05, 0.1) is 0 Å². The largest absolute Gasteiger partial charge is 0.311 e. The van der Waals surface area contributed by atoms with E-state index in [0.29, 0.717) is 0 Å². The van der Waals surface area contributed by atoms with Crippen LogP contribution in [0.25, 0.3) is 11.1 Å². The molecule has 0 radical (unpaired) electrons. The first-order valence-corrected chi connectivity index (χ1v) is 23.0. The van der Waals surface area contributed by atoms with Crippen LogP contribution in [0.1, 0.15) is 140 Å². The summed E-state index contributed by atoms with van der Waals surface area (Å²) >= 11 is 0. The van der Waals surface area contributed by atoms with Crippen LogP contribution in [0, 0.1) is 20.8 Å². The summed E-state index contributed by atoms with van der Waals surface area (Å²) in [5.74, 6) is 0. The second kappa shape index (κ2) is 13.0. The molecule has 6 aromatic carbocycles. The highest BCUT2D eigenvalue weighted by Gasteiger charge is 2.48. The van der Waals surface area contributed by atoms with Gasteiger partial charge in [-0.25, -0.2) is 0 Å². The summed E-state index contributed by atoms with van der Waals surface area (Å²) in [7, 11) is 0. The number of benzene rings is 6. The number of hydrogen-bond acceptors (Lipinski definition) is 2. The van der Waals surface area contributed by atoms with Crippen LogP contribution >= 0.6 is 0 Å². The van der Waals surface area contributed by atoms with E-state index in [1.54, 1.807) is 0 Å². The maximum Gasteiger partial charge on any atom is 0.252 e. The number of fused-ring (bicyclic) bond motifs is 6. The molecule has 10 rings (SSSR count). The first-order valence-electron chi connectivity index (χ1n) is 23.0. The number of nitrogens with zero attached hydrogens (tertiary/aromatic N) is 2. The van der Waals surface area contributed by atoms with Gasteiger partial charge >= 0.3 is 0 Å². The van der Waals surface area contributed by atoms with Gasteiger partial charge in [-0.1, -0.05) is 143 Å². The van der Waals surface area contributed by atoms with E-state index in [2.05, 4.69) is 210 Å². The lowest BCUT2D eigenvalue weighted by Crippen LogP contribution is -2.62. The van der Waals surface area contributed by atoms with E-state index in [-0.39, 0.29) is 33.8 Å². The third-order valence-corrected chi connectivity index (χ3v) is 15.5. The van der Waals surface area contributed by atoms with Crippen LogP contribution in [0.2, 0.25) is 0 Å². The molecule has 0 N–H and O–H groups in total. The van der Waals surface area contributed by atoms with Crippen LogP contribution in [0.3, 0.4) is 0 Å². The van der Waals surface area contributed by atoms with E-state index < -0.39 is 0 Å². The van der Waals surface area contributed by atoms with E-state index >= 15 is 0 Å². The smallest absolute Gasteiger partial charge is 0.252 e. The highest BCUT2D eigenvalue weighted by Crippen LogP contribution is 2.55. The SMILES string of the molecule is Cc1cc2c3c(c1)N(c1cc4c(cc1C)C(C)(C)CC4(C)C)c1cc4c(cc1B3c1cc(-c3ccccc3)ccc1N2c1cc(C(C)(C)C)ccc1C)C(C)(C)CCC4(C)C. The predicted octanol–water partition coefficient (Wildman–Crippen LogP) is 14.0. The number of hydrogen-bond donors (Lipinski definition) is 0. The molecule has 2 aliphatic heterocycles. The molecule has 2 nitrogen and oxygen atoms in total. The van der Waals surface area contributed by atoms with E-state index in [1.807, 2.05) is 0 Å². The summed E-state index contributed by atoms with van der Waals surface area (Å²) in [5, 5.41) is 0. The van der Waals surface area contributed by atoms with Crippen LogP contribution in [0.15, 0.2) is 103 Å². The minimum Gasteiger partial charge on any atom is -0.311 e. The molecular formula is C58H65BN2. The molecule has 4 aliphatic rings. The van der Waals surface area contributed by atoms with E-state index in [0.717, 1.165) is 6.42 Å². The summed E-state index contributed by atoms with van der Waals surface area (Å²) in [6, 6.07) is 41.0. The van der Waals surface area contributed by atoms with Crippen molar-refractivity contribution in [3.8, 4) is 11.1 Å². The van der Waals surface area contributed by atoms with Crippen molar-refractivity contribution in [3.05, 3.63) is 148 Å². The van der Waals surface area contributed by atoms with Crippen molar-refractivity contribution in [2.45, 2.75) is 143 Å². The Morgan fingerprint density at radius 2 is 1.00 bits per heavy atom. The highest BCUT2D eigenvalue weighted by atomic mass is 15.2. The van der Waals surface area contributed by atoms with Gasteiger partial charge in [-0.15, -0.1) is 0 Å². The maximum absolute atomic E-state index is 2.72. The fraction of sp³-hybridized carbons (Fsp3) is 0.379. The molecule has 0 unspecified atom stereocenters. The predicted molar refractivity (Wildman–Crippen MR) is 265 cm³/mol. The summed E-state index contributed by atoms with van der Waals surface area (Å²) in [6.07, 6.45) is 3.51. The van der Waals surface area contributed by atoms with Crippen molar-refractivity contribution >= 4 is 57.2 Å². The second-order valence-electron chi connectivity index (χ2n) is 23.1. The Morgan fingerprint density at radius 3 is 1.64 bits per heavy atom.